The highest BCUT2D eigenvalue weighted by Gasteiger charge is 2.18. The molecule has 0 aliphatic carbocycles. The number of urea groups is 1. The number of aromatic nitrogens is 2. The normalized spacial score (nSPS) is 10.5. The van der Waals surface area contributed by atoms with E-state index in [0.717, 1.165) is 11.1 Å². The lowest BCUT2D eigenvalue weighted by Crippen LogP contribution is -2.19. The van der Waals surface area contributed by atoms with E-state index < -0.39 is 6.03 Å². The standard InChI is InChI=1S/C24H21N5O2/c25-24(31)27-20-13-11-19(12-14-20)26-23(30)21-16-29(15-17-7-3-1-4-8-17)28-22(21)18-9-5-2-6-10-18/h1-14,16H,15H2,(H,26,30)(H3,25,27,31). The van der Waals surface area contributed by atoms with Crippen LogP contribution < -0.4 is 16.4 Å². The van der Waals surface area contributed by atoms with Crippen LogP contribution in [0.15, 0.2) is 91.1 Å². The van der Waals surface area contributed by atoms with Crippen molar-refractivity contribution in [2.45, 2.75) is 6.54 Å². The predicted molar refractivity (Wildman–Crippen MR) is 121 cm³/mol. The lowest BCUT2D eigenvalue weighted by Gasteiger charge is -2.07. The Morgan fingerprint density at radius 2 is 1.39 bits per heavy atom. The van der Waals surface area contributed by atoms with Crippen molar-refractivity contribution in [2.24, 2.45) is 5.73 Å². The number of amides is 3. The summed E-state index contributed by atoms with van der Waals surface area (Å²) in [7, 11) is 0. The van der Waals surface area contributed by atoms with Gasteiger partial charge in [-0.05, 0) is 29.8 Å². The van der Waals surface area contributed by atoms with Gasteiger partial charge in [0.1, 0.15) is 5.69 Å². The molecule has 1 aromatic heterocycles. The first kappa shape index (κ1) is 19.9. The highest BCUT2D eigenvalue weighted by Crippen LogP contribution is 2.24. The smallest absolute Gasteiger partial charge is 0.316 e. The highest BCUT2D eigenvalue weighted by molar-refractivity contribution is 6.08. The van der Waals surface area contributed by atoms with Gasteiger partial charge in [-0.1, -0.05) is 60.7 Å². The van der Waals surface area contributed by atoms with Crippen LogP contribution in [-0.4, -0.2) is 21.7 Å². The molecule has 0 spiro atoms. The number of carbonyl (C=O) groups is 2. The van der Waals surface area contributed by atoms with Gasteiger partial charge >= 0.3 is 6.03 Å². The van der Waals surface area contributed by atoms with Gasteiger partial charge < -0.3 is 16.4 Å². The number of anilines is 2. The number of nitrogens with zero attached hydrogens (tertiary/aromatic N) is 2. The number of nitrogens with two attached hydrogens (primary N) is 1. The zero-order chi connectivity index (χ0) is 21.6. The quantitative estimate of drug-likeness (QED) is 0.440. The lowest BCUT2D eigenvalue weighted by molar-refractivity contribution is 0.102. The van der Waals surface area contributed by atoms with Gasteiger partial charge in [0.2, 0.25) is 0 Å². The Bertz CT molecular complexity index is 1190. The van der Waals surface area contributed by atoms with E-state index >= 15 is 0 Å². The number of hydrogen-bond donors (Lipinski definition) is 3. The van der Waals surface area contributed by atoms with E-state index in [4.69, 9.17) is 5.73 Å². The second-order valence-electron chi connectivity index (χ2n) is 6.96. The molecule has 0 radical (unpaired) electrons. The lowest BCUT2D eigenvalue weighted by atomic mass is 10.1. The maximum Gasteiger partial charge on any atom is 0.316 e. The monoisotopic (exact) mass is 411 g/mol. The Morgan fingerprint density at radius 3 is 2.00 bits per heavy atom. The van der Waals surface area contributed by atoms with Crippen LogP contribution in [0.1, 0.15) is 15.9 Å². The second kappa shape index (κ2) is 8.96. The first-order valence-corrected chi connectivity index (χ1v) is 9.73. The summed E-state index contributed by atoms with van der Waals surface area (Å²) in [6.07, 6.45) is 1.76. The molecule has 4 rings (SSSR count). The predicted octanol–water partition coefficient (Wildman–Crippen LogP) is 4.34. The van der Waals surface area contributed by atoms with Crippen LogP contribution in [0, 0.1) is 0 Å². The minimum absolute atomic E-state index is 0.270. The molecular weight excluding hydrogens is 390 g/mol. The molecule has 0 aliphatic heterocycles. The summed E-state index contributed by atoms with van der Waals surface area (Å²) in [4.78, 5) is 24.0. The van der Waals surface area contributed by atoms with Crippen molar-refractivity contribution in [3.05, 3.63) is 102 Å². The zero-order valence-corrected chi connectivity index (χ0v) is 16.7. The average Bonchev–Trinajstić information content (AvgIpc) is 3.20. The van der Waals surface area contributed by atoms with Crippen molar-refractivity contribution < 1.29 is 9.59 Å². The van der Waals surface area contributed by atoms with Gasteiger partial charge in [-0.2, -0.15) is 5.10 Å². The summed E-state index contributed by atoms with van der Waals surface area (Å²) in [5.41, 5.74) is 9.30. The largest absolute Gasteiger partial charge is 0.351 e. The van der Waals surface area contributed by atoms with Gasteiger partial charge in [0.25, 0.3) is 5.91 Å². The van der Waals surface area contributed by atoms with Crippen LogP contribution in [0.4, 0.5) is 16.2 Å². The number of nitrogens with one attached hydrogen (secondary N) is 2. The van der Waals surface area contributed by atoms with Crippen molar-refractivity contribution in [3.63, 3.8) is 0 Å². The molecule has 31 heavy (non-hydrogen) atoms. The molecule has 7 nitrogen and oxygen atoms in total. The van der Waals surface area contributed by atoms with Crippen LogP contribution in [0.25, 0.3) is 11.3 Å². The SMILES string of the molecule is NC(=O)Nc1ccc(NC(=O)c2cn(Cc3ccccc3)nc2-c2ccccc2)cc1. The summed E-state index contributed by atoms with van der Waals surface area (Å²) in [5, 5.41) is 10.1. The van der Waals surface area contributed by atoms with Crippen molar-refractivity contribution in [1.29, 1.82) is 0 Å². The highest BCUT2D eigenvalue weighted by atomic mass is 16.2. The summed E-state index contributed by atoms with van der Waals surface area (Å²) in [6, 6.07) is 25.6. The van der Waals surface area contributed by atoms with E-state index in [1.165, 1.54) is 0 Å². The van der Waals surface area contributed by atoms with Crippen molar-refractivity contribution in [3.8, 4) is 11.3 Å². The molecule has 4 N–H and O–H groups in total. The number of hydrogen-bond acceptors (Lipinski definition) is 3. The van der Waals surface area contributed by atoms with E-state index in [1.807, 2.05) is 60.7 Å². The molecule has 7 heteroatoms. The topological polar surface area (TPSA) is 102 Å². The third kappa shape index (κ3) is 4.97. The molecule has 0 unspecified atom stereocenters. The first-order valence-electron chi connectivity index (χ1n) is 9.73. The maximum atomic E-state index is 13.1. The Labute approximate surface area is 179 Å². The van der Waals surface area contributed by atoms with Crippen LogP contribution in [0.3, 0.4) is 0 Å². The molecule has 3 amide bonds. The summed E-state index contributed by atoms with van der Waals surface area (Å²) < 4.78 is 1.77. The summed E-state index contributed by atoms with van der Waals surface area (Å²) in [6.45, 7) is 0.557. The Hall–Kier alpha value is -4.39. The number of carbonyl (C=O) groups excluding carboxylic acids is 2. The maximum absolute atomic E-state index is 13.1. The van der Waals surface area contributed by atoms with Gasteiger partial charge in [-0.3, -0.25) is 9.48 Å². The number of rotatable bonds is 6. The van der Waals surface area contributed by atoms with E-state index in [-0.39, 0.29) is 5.91 Å². The Balaban J connectivity index is 1.61. The molecule has 154 valence electrons. The van der Waals surface area contributed by atoms with Crippen LogP contribution >= 0.6 is 0 Å². The first-order chi connectivity index (χ1) is 15.1. The fourth-order valence-electron chi connectivity index (χ4n) is 3.23. The summed E-state index contributed by atoms with van der Waals surface area (Å²) in [5.74, 6) is -0.270. The zero-order valence-electron chi connectivity index (χ0n) is 16.7. The Kier molecular flexibility index (Phi) is 5.75. The van der Waals surface area contributed by atoms with E-state index in [1.54, 1.807) is 35.1 Å². The van der Waals surface area contributed by atoms with Crippen LogP contribution in [0.5, 0.6) is 0 Å². The molecule has 0 bridgehead atoms. The molecule has 0 aliphatic rings. The fourth-order valence-corrected chi connectivity index (χ4v) is 3.23. The number of primary amides is 1. The van der Waals surface area contributed by atoms with E-state index in [0.29, 0.717) is 29.2 Å². The fraction of sp³-hybridized carbons (Fsp3) is 0.0417. The molecule has 3 aromatic carbocycles. The molecule has 1 heterocycles. The average molecular weight is 411 g/mol. The van der Waals surface area contributed by atoms with Crippen molar-refractivity contribution in [1.82, 2.24) is 9.78 Å². The van der Waals surface area contributed by atoms with E-state index in [9.17, 15) is 9.59 Å². The van der Waals surface area contributed by atoms with E-state index in [2.05, 4.69) is 15.7 Å². The summed E-state index contributed by atoms with van der Waals surface area (Å²) >= 11 is 0. The minimum Gasteiger partial charge on any atom is -0.351 e. The van der Waals surface area contributed by atoms with Crippen molar-refractivity contribution >= 4 is 23.3 Å². The third-order valence-electron chi connectivity index (χ3n) is 4.65. The van der Waals surface area contributed by atoms with Gasteiger partial charge in [-0.25, -0.2) is 4.79 Å². The minimum atomic E-state index is -0.643. The molecule has 0 atom stereocenters. The van der Waals surface area contributed by atoms with Gasteiger partial charge in [0, 0.05) is 23.1 Å². The van der Waals surface area contributed by atoms with Gasteiger partial charge in [0.05, 0.1) is 12.1 Å². The van der Waals surface area contributed by atoms with Crippen molar-refractivity contribution in [2.75, 3.05) is 10.6 Å². The number of benzene rings is 3. The molecular formula is C24H21N5O2. The molecule has 0 saturated heterocycles. The van der Waals surface area contributed by atoms with Gasteiger partial charge in [0.15, 0.2) is 0 Å². The second-order valence-corrected chi connectivity index (χ2v) is 6.96. The molecule has 0 fully saturated rings. The third-order valence-corrected chi connectivity index (χ3v) is 4.65. The Morgan fingerprint density at radius 1 is 0.806 bits per heavy atom. The van der Waals surface area contributed by atoms with Crippen LogP contribution in [-0.2, 0) is 6.54 Å². The molecule has 4 aromatic rings. The van der Waals surface area contributed by atoms with Crippen LogP contribution in [0.2, 0.25) is 0 Å². The van der Waals surface area contributed by atoms with Gasteiger partial charge in [-0.15, -0.1) is 0 Å². The molecule has 0 saturated carbocycles.